The van der Waals surface area contributed by atoms with Gasteiger partial charge in [-0.1, -0.05) is 101 Å². The first-order chi connectivity index (χ1) is 16.4. The molecule has 1 aromatic heterocycles. The molecule has 2 N–H and O–H groups in total. The summed E-state index contributed by atoms with van der Waals surface area (Å²) in [6.45, 7) is 16.7. The minimum atomic E-state index is -1.80. The summed E-state index contributed by atoms with van der Waals surface area (Å²) in [5.41, 5.74) is 2.61. The Labute approximate surface area is 212 Å². The standard InChI is InChI=1S/C30H42N2O2Si/c1-23(2)28(30(33,25-14-10-8-11-15-25)26-16-12-9-13-17-26)32-21-27-19-18-24(20-31-27)22-34-35(6,7)29(3,4)5/h8-20,23,28,32-33H,21-22H2,1-7H3/t28-/m0/s1. The van der Waals surface area contributed by atoms with Gasteiger partial charge in [0, 0.05) is 18.8 Å². The second kappa shape index (κ2) is 11.2. The molecule has 0 saturated heterocycles. The minimum Gasteiger partial charge on any atom is -0.413 e. The molecule has 0 amide bonds. The van der Waals surface area contributed by atoms with Crippen LogP contribution in [0.4, 0.5) is 0 Å². The number of hydrogen-bond acceptors (Lipinski definition) is 4. The van der Waals surface area contributed by atoms with Crippen LogP contribution in [0.5, 0.6) is 0 Å². The van der Waals surface area contributed by atoms with Crippen molar-refractivity contribution in [2.45, 2.75) is 77.5 Å². The average Bonchev–Trinajstić information content (AvgIpc) is 2.83. The molecular formula is C30H42N2O2Si. The van der Waals surface area contributed by atoms with E-state index in [0.717, 1.165) is 22.4 Å². The third kappa shape index (κ3) is 6.47. The Morgan fingerprint density at radius 3 is 1.86 bits per heavy atom. The predicted octanol–water partition coefficient (Wildman–Crippen LogP) is 6.65. The Morgan fingerprint density at radius 2 is 1.43 bits per heavy atom. The lowest BCUT2D eigenvalue weighted by Crippen LogP contribution is -2.52. The van der Waals surface area contributed by atoms with E-state index in [4.69, 9.17) is 9.41 Å². The van der Waals surface area contributed by atoms with Crippen LogP contribution in [0, 0.1) is 5.92 Å². The fraction of sp³-hybridized carbons (Fsp3) is 0.433. The van der Waals surface area contributed by atoms with Gasteiger partial charge in [0.05, 0.1) is 12.3 Å². The molecule has 0 aliphatic rings. The molecule has 188 valence electrons. The lowest BCUT2D eigenvalue weighted by molar-refractivity contribution is 0.0182. The van der Waals surface area contributed by atoms with Crippen LogP contribution in [-0.4, -0.2) is 24.4 Å². The summed E-state index contributed by atoms with van der Waals surface area (Å²) >= 11 is 0. The highest BCUT2D eigenvalue weighted by molar-refractivity contribution is 6.74. The third-order valence-corrected chi connectivity index (χ3v) is 11.8. The number of hydrogen-bond donors (Lipinski definition) is 2. The number of benzene rings is 2. The van der Waals surface area contributed by atoms with E-state index in [2.05, 4.69) is 65.2 Å². The Balaban J connectivity index is 1.77. The van der Waals surface area contributed by atoms with Gasteiger partial charge < -0.3 is 14.8 Å². The van der Waals surface area contributed by atoms with Gasteiger partial charge in [-0.05, 0) is 46.8 Å². The van der Waals surface area contributed by atoms with E-state index in [0.29, 0.717) is 13.2 Å². The molecule has 0 aliphatic heterocycles. The largest absolute Gasteiger partial charge is 0.413 e. The van der Waals surface area contributed by atoms with Gasteiger partial charge in [-0.2, -0.15) is 0 Å². The normalized spacial score (nSPS) is 13.7. The van der Waals surface area contributed by atoms with Crippen LogP contribution in [0.2, 0.25) is 18.1 Å². The van der Waals surface area contributed by atoms with E-state index >= 15 is 0 Å². The second-order valence-electron chi connectivity index (χ2n) is 11.3. The Hall–Kier alpha value is -2.31. The van der Waals surface area contributed by atoms with Crippen LogP contribution >= 0.6 is 0 Å². The van der Waals surface area contributed by atoms with Gasteiger partial charge in [-0.15, -0.1) is 0 Å². The number of aromatic nitrogens is 1. The van der Waals surface area contributed by atoms with Crippen LogP contribution in [0.1, 0.15) is 57.0 Å². The van der Waals surface area contributed by atoms with Crippen molar-refractivity contribution in [3.8, 4) is 0 Å². The van der Waals surface area contributed by atoms with Crippen molar-refractivity contribution >= 4 is 8.32 Å². The molecule has 0 saturated carbocycles. The highest BCUT2D eigenvalue weighted by atomic mass is 28.4. The zero-order chi connectivity index (χ0) is 25.7. The fourth-order valence-corrected chi connectivity index (χ4v) is 5.08. The molecule has 0 bridgehead atoms. The Morgan fingerprint density at radius 1 is 0.886 bits per heavy atom. The highest BCUT2D eigenvalue weighted by Gasteiger charge is 2.41. The van der Waals surface area contributed by atoms with Crippen LogP contribution in [0.3, 0.4) is 0 Å². The maximum atomic E-state index is 12.2. The van der Waals surface area contributed by atoms with E-state index in [1.165, 1.54) is 0 Å². The number of nitrogens with zero attached hydrogens (tertiary/aromatic N) is 1. The molecule has 0 aliphatic carbocycles. The van der Waals surface area contributed by atoms with Crippen molar-refractivity contribution in [1.82, 2.24) is 10.3 Å². The van der Waals surface area contributed by atoms with Crippen molar-refractivity contribution in [3.63, 3.8) is 0 Å². The number of aliphatic hydroxyl groups is 1. The highest BCUT2D eigenvalue weighted by Crippen LogP contribution is 2.37. The molecule has 0 unspecified atom stereocenters. The molecule has 5 heteroatoms. The first kappa shape index (κ1) is 27.3. The first-order valence-electron chi connectivity index (χ1n) is 12.6. The fourth-order valence-electron chi connectivity index (χ4n) is 4.12. The van der Waals surface area contributed by atoms with Gasteiger partial charge in [-0.3, -0.25) is 4.98 Å². The lowest BCUT2D eigenvalue weighted by Gasteiger charge is -2.40. The number of nitrogens with one attached hydrogen (secondary N) is 1. The summed E-state index contributed by atoms with van der Waals surface area (Å²) in [5, 5.41) is 16.0. The Kier molecular flexibility index (Phi) is 8.70. The topological polar surface area (TPSA) is 54.4 Å². The van der Waals surface area contributed by atoms with E-state index < -0.39 is 13.9 Å². The quantitative estimate of drug-likeness (QED) is 0.312. The zero-order valence-electron chi connectivity index (χ0n) is 22.4. The molecular weight excluding hydrogens is 448 g/mol. The van der Waals surface area contributed by atoms with Crippen molar-refractivity contribution in [2.24, 2.45) is 5.92 Å². The molecule has 3 aromatic rings. The van der Waals surface area contributed by atoms with Crippen molar-refractivity contribution in [3.05, 3.63) is 101 Å². The van der Waals surface area contributed by atoms with Crippen LogP contribution in [0.25, 0.3) is 0 Å². The minimum absolute atomic E-state index is 0.178. The van der Waals surface area contributed by atoms with Gasteiger partial charge in [0.25, 0.3) is 0 Å². The van der Waals surface area contributed by atoms with Crippen molar-refractivity contribution in [1.29, 1.82) is 0 Å². The van der Waals surface area contributed by atoms with Gasteiger partial charge in [0.2, 0.25) is 0 Å². The average molecular weight is 491 g/mol. The lowest BCUT2D eigenvalue weighted by atomic mass is 9.76. The van der Waals surface area contributed by atoms with Gasteiger partial charge in [0.1, 0.15) is 5.60 Å². The molecule has 35 heavy (non-hydrogen) atoms. The smallest absolute Gasteiger partial charge is 0.192 e. The van der Waals surface area contributed by atoms with Gasteiger partial charge in [0.15, 0.2) is 8.32 Å². The molecule has 0 radical (unpaired) electrons. The molecule has 1 atom stereocenters. The molecule has 0 spiro atoms. The van der Waals surface area contributed by atoms with E-state index in [9.17, 15) is 5.11 Å². The monoisotopic (exact) mass is 490 g/mol. The van der Waals surface area contributed by atoms with E-state index in [1.807, 2.05) is 66.9 Å². The van der Waals surface area contributed by atoms with Crippen LogP contribution < -0.4 is 5.32 Å². The molecule has 4 nitrogen and oxygen atoms in total. The summed E-state index contributed by atoms with van der Waals surface area (Å²) in [7, 11) is -1.80. The summed E-state index contributed by atoms with van der Waals surface area (Å²) < 4.78 is 6.34. The van der Waals surface area contributed by atoms with Crippen molar-refractivity contribution in [2.75, 3.05) is 0 Å². The molecule has 2 aromatic carbocycles. The number of pyridine rings is 1. The second-order valence-corrected chi connectivity index (χ2v) is 16.1. The summed E-state index contributed by atoms with van der Waals surface area (Å²) in [4.78, 5) is 4.69. The van der Waals surface area contributed by atoms with Gasteiger partial charge in [-0.25, -0.2) is 0 Å². The molecule has 3 rings (SSSR count). The Bertz CT molecular complexity index is 1010. The zero-order valence-corrected chi connectivity index (χ0v) is 23.4. The third-order valence-electron chi connectivity index (χ3n) is 7.34. The first-order valence-corrected chi connectivity index (χ1v) is 15.5. The summed E-state index contributed by atoms with van der Waals surface area (Å²) in [6.07, 6.45) is 1.91. The summed E-state index contributed by atoms with van der Waals surface area (Å²) in [6, 6.07) is 23.8. The van der Waals surface area contributed by atoms with Crippen molar-refractivity contribution < 1.29 is 9.53 Å². The number of rotatable bonds is 10. The SMILES string of the molecule is CC(C)[C@H](NCc1ccc(CO[Si](C)(C)C(C)(C)C)cn1)C(O)(c1ccccc1)c1ccccc1. The maximum absolute atomic E-state index is 12.2. The van der Waals surface area contributed by atoms with E-state index in [1.54, 1.807) is 0 Å². The maximum Gasteiger partial charge on any atom is 0.192 e. The predicted molar refractivity (Wildman–Crippen MR) is 148 cm³/mol. The molecule has 1 heterocycles. The van der Waals surface area contributed by atoms with E-state index in [-0.39, 0.29) is 17.0 Å². The molecule has 0 fully saturated rings. The van der Waals surface area contributed by atoms with Gasteiger partial charge >= 0.3 is 0 Å². The van der Waals surface area contributed by atoms with Crippen LogP contribution in [0.15, 0.2) is 79.0 Å². The summed E-state index contributed by atoms with van der Waals surface area (Å²) in [5.74, 6) is 0.178. The van der Waals surface area contributed by atoms with Crippen LogP contribution in [-0.2, 0) is 23.2 Å².